The summed E-state index contributed by atoms with van der Waals surface area (Å²) in [5, 5.41) is 20.6. The van der Waals surface area contributed by atoms with Gasteiger partial charge in [0.1, 0.15) is 5.76 Å². The van der Waals surface area contributed by atoms with Gasteiger partial charge in [0.2, 0.25) is 0 Å². The van der Waals surface area contributed by atoms with Crippen molar-refractivity contribution >= 4 is 0 Å². The molecule has 2 aromatic rings. The van der Waals surface area contributed by atoms with E-state index in [1.165, 1.54) is 4.57 Å². The molecule has 0 amide bonds. The Labute approximate surface area is 104 Å². The minimum atomic E-state index is 0.177. The molecule has 2 unspecified atom stereocenters. The van der Waals surface area contributed by atoms with Crippen LogP contribution in [0.25, 0.3) is 0 Å². The van der Waals surface area contributed by atoms with Crippen molar-refractivity contribution in [1.29, 1.82) is 0 Å². The summed E-state index contributed by atoms with van der Waals surface area (Å²) in [5.41, 5.74) is 1.79. The summed E-state index contributed by atoms with van der Waals surface area (Å²) in [6.45, 7) is 0.358. The SMILES string of the molecule is Oc1c2c(c(O)n1Cc1ccco1)C1C=CC2C1. The van der Waals surface area contributed by atoms with Gasteiger partial charge in [-0.15, -0.1) is 0 Å². The summed E-state index contributed by atoms with van der Waals surface area (Å²) < 4.78 is 6.78. The van der Waals surface area contributed by atoms with Crippen LogP contribution in [0.1, 0.15) is 35.1 Å². The highest BCUT2D eigenvalue weighted by Crippen LogP contribution is 2.56. The first kappa shape index (κ1) is 9.88. The smallest absolute Gasteiger partial charge is 0.198 e. The van der Waals surface area contributed by atoms with Crippen LogP contribution in [0.3, 0.4) is 0 Å². The number of allylic oxidation sites excluding steroid dienone is 2. The fourth-order valence-corrected chi connectivity index (χ4v) is 3.20. The van der Waals surface area contributed by atoms with Crippen molar-refractivity contribution in [2.24, 2.45) is 0 Å². The molecule has 4 rings (SSSR count). The number of hydrogen-bond acceptors (Lipinski definition) is 3. The average Bonchev–Trinajstić information content (AvgIpc) is 3.10. The molecule has 0 aliphatic heterocycles. The Morgan fingerprint density at radius 2 is 1.83 bits per heavy atom. The van der Waals surface area contributed by atoms with E-state index in [0.29, 0.717) is 6.54 Å². The van der Waals surface area contributed by atoms with Gasteiger partial charge in [0, 0.05) is 23.0 Å². The maximum Gasteiger partial charge on any atom is 0.198 e. The molecule has 0 spiro atoms. The number of furan rings is 1. The molecule has 2 heterocycles. The van der Waals surface area contributed by atoms with Crippen LogP contribution in [0.15, 0.2) is 35.0 Å². The Kier molecular flexibility index (Phi) is 1.77. The molecule has 2 aliphatic rings. The Balaban J connectivity index is 1.82. The molecule has 0 fully saturated rings. The maximum absolute atomic E-state index is 10.3. The molecule has 4 nitrogen and oxygen atoms in total. The van der Waals surface area contributed by atoms with E-state index in [2.05, 4.69) is 12.2 Å². The average molecular weight is 243 g/mol. The number of aromatic nitrogens is 1. The molecule has 2 N–H and O–H groups in total. The van der Waals surface area contributed by atoms with E-state index in [0.717, 1.165) is 23.3 Å². The van der Waals surface area contributed by atoms with E-state index < -0.39 is 0 Å². The number of hydrogen-bond donors (Lipinski definition) is 2. The predicted octanol–water partition coefficient (Wildman–Crippen LogP) is 2.68. The summed E-state index contributed by atoms with van der Waals surface area (Å²) in [7, 11) is 0. The van der Waals surface area contributed by atoms with E-state index in [4.69, 9.17) is 4.42 Å². The summed E-state index contributed by atoms with van der Waals surface area (Å²) in [6.07, 6.45) is 6.80. The number of rotatable bonds is 2. The fourth-order valence-electron chi connectivity index (χ4n) is 3.20. The summed E-state index contributed by atoms with van der Waals surface area (Å²) in [5.74, 6) is 1.59. The van der Waals surface area contributed by atoms with Crippen LogP contribution < -0.4 is 0 Å². The second-order valence-corrected chi connectivity index (χ2v) is 4.97. The Bertz CT molecular complexity index is 601. The lowest BCUT2D eigenvalue weighted by Gasteiger charge is -2.07. The number of fused-ring (bicyclic) bond motifs is 5. The van der Waals surface area contributed by atoms with Crippen LogP contribution >= 0.6 is 0 Å². The minimum absolute atomic E-state index is 0.177. The summed E-state index contributed by atoms with van der Waals surface area (Å²) in [6, 6.07) is 3.63. The van der Waals surface area contributed by atoms with Gasteiger partial charge in [-0.1, -0.05) is 12.2 Å². The molecule has 2 bridgehead atoms. The van der Waals surface area contributed by atoms with E-state index in [9.17, 15) is 10.2 Å². The van der Waals surface area contributed by atoms with Gasteiger partial charge in [0.05, 0.1) is 12.8 Å². The third-order valence-electron chi connectivity index (χ3n) is 4.00. The van der Waals surface area contributed by atoms with E-state index >= 15 is 0 Å². The molecule has 0 saturated heterocycles. The lowest BCUT2D eigenvalue weighted by molar-refractivity contribution is 0.358. The van der Waals surface area contributed by atoms with Gasteiger partial charge in [0.15, 0.2) is 11.8 Å². The highest BCUT2D eigenvalue weighted by Gasteiger charge is 2.40. The molecule has 0 radical (unpaired) electrons. The van der Waals surface area contributed by atoms with Gasteiger partial charge in [-0.3, -0.25) is 4.57 Å². The van der Waals surface area contributed by atoms with Crippen molar-refractivity contribution in [2.75, 3.05) is 0 Å². The van der Waals surface area contributed by atoms with Gasteiger partial charge in [-0.2, -0.15) is 0 Å². The lowest BCUT2D eigenvalue weighted by atomic mass is 10.0. The van der Waals surface area contributed by atoms with Gasteiger partial charge < -0.3 is 14.6 Å². The third-order valence-corrected chi connectivity index (χ3v) is 4.00. The van der Waals surface area contributed by atoms with Crippen LogP contribution in [-0.4, -0.2) is 14.8 Å². The fraction of sp³-hybridized carbons (Fsp3) is 0.286. The van der Waals surface area contributed by atoms with Crippen LogP contribution in [-0.2, 0) is 6.54 Å². The maximum atomic E-state index is 10.3. The van der Waals surface area contributed by atoms with Gasteiger partial charge >= 0.3 is 0 Å². The normalized spacial score (nSPS) is 23.8. The zero-order valence-electron chi connectivity index (χ0n) is 9.71. The van der Waals surface area contributed by atoms with Crippen molar-refractivity contribution in [3.8, 4) is 11.8 Å². The van der Waals surface area contributed by atoms with Crippen molar-refractivity contribution in [2.45, 2.75) is 24.8 Å². The number of aromatic hydroxyl groups is 2. The van der Waals surface area contributed by atoms with Crippen molar-refractivity contribution in [3.63, 3.8) is 0 Å². The Hall–Kier alpha value is -2.10. The van der Waals surface area contributed by atoms with E-state index in [-0.39, 0.29) is 23.6 Å². The van der Waals surface area contributed by atoms with E-state index in [1.807, 2.05) is 6.07 Å². The predicted molar refractivity (Wildman–Crippen MR) is 64.8 cm³/mol. The first-order valence-corrected chi connectivity index (χ1v) is 6.10. The second-order valence-electron chi connectivity index (χ2n) is 4.97. The monoisotopic (exact) mass is 243 g/mol. The molecule has 18 heavy (non-hydrogen) atoms. The second kappa shape index (κ2) is 3.22. The number of nitrogens with zero attached hydrogens (tertiary/aromatic N) is 1. The van der Waals surface area contributed by atoms with Crippen LogP contribution in [0.2, 0.25) is 0 Å². The Morgan fingerprint density at radius 3 is 2.39 bits per heavy atom. The molecular formula is C14H13NO3. The van der Waals surface area contributed by atoms with Gasteiger partial charge in [-0.25, -0.2) is 0 Å². The standard InChI is InChI=1S/C14H13NO3/c16-13-11-8-3-4-9(6-8)12(11)14(17)15(13)7-10-2-1-5-18-10/h1-5,8-9,16-17H,6-7H2. The highest BCUT2D eigenvalue weighted by molar-refractivity contribution is 5.58. The first-order chi connectivity index (χ1) is 8.75. The van der Waals surface area contributed by atoms with Crippen LogP contribution in [0.4, 0.5) is 0 Å². The summed E-state index contributed by atoms with van der Waals surface area (Å²) in [4.78, 5) is 0. The quantitative estimate of drug-likeness (QED) is 0.797. The molecule has 4 heteroatoms. The molecule has 0 aromatic carbocycles. The molecule has 2 aromatic heterocycles. The first-order valence-electron chi connectivity index (χ1n) is 6.10. The van der Waals surface area contributed by atoms with Crippen molar-refractivity contribution in [1.82, 2.24) is 4.57 Å². The van der Waals surface area contributed by atoms with Crippen LogP contribution in [0, 0.1) is 0 Å². The zero-order chi connectivity index (χ0) is 12.3. The molecule has 0 saturated carbocycles. The third kappa shape index (κ3) is 1.10. The van der Waals surface area contributed by atoms with Gasteiger partial charge in [0.25, 0.3) is 0 Å². The summed E-state index contributed by atoms with van der Waals surface area (Å²) >= 11 is 0. The molecule has 2 atom stereocenters. The van der Waals surface area contributed by atoms with Crippen LogP contribution in [0.5, 0.6) is 11.8 Å². The Morgan fingerprint density at radius 1 is 1.17 bits per heavy atom. The van der Waals surface area contributed by atoms with Crippen molar-refractivity contribution < 1.29 is 14.6 Å². The highest BCUT2D eigenvalue weighted by atomic mass is 16.3. The minimum Gasteiger partial charge on any atom is -0.494 e. The lowest BCUT2D eigenvalue weighted by Crippen LogP contribution is -1.99. The molecule has 92 valence electrons. The zero-order valence-corrected chi connectivity index (χ0v) is 9.71. The van der Waals surface area contributed by atoms with E-state index in [1.54, 1.807) is 12.3 Å². The van der Waals surface area contributed by atoms with Crippen molar-refractivity contribution in [3.05, 3.63) is 47.4 Å². The van der Waals surface area contributed by atoms with Gasteiger partial charge in [-0.05, 0) is 18.6 Å². The molecular weight excluding hydrogens is 230 g/mol. The largest absolute Gasteiger partial charge is 0.494 e. The molecule has 2 aliphatic carbocycles. The topological polar surface area (TPSA) is 58.5 Å².